The van der Waals surface area contributed by atoms with Gasteiger partial charge in [-0.25, -0.2) is 9.97 Å². The number of rotatable bonds is 10. The molecule has 0 unspecified atom stereocenters. The first-order chi connectivity index (χ1) is 14.4. The number of amides is 1. The fraction of sp³-hybridized carbons (Fsp3) is 0.409. The van der Waals surface area contributed by atoms with Crippen LogP contribution in [-0.2, 0) is 11.5 Å². The minimum absolute atomic E-state index is 0.172. The van der Waals surface area contributed by atoms with Gasteiger partial charge in [0.2, 0.25) is 5.88 Å². The van der Waals surface area contributed by atoms with Gasteiger partial charge in [-0.2, -0.15) is 0 Å². The van der Waals surface area contributed by atoms with E-state index in [9.17, 15) is 4.79 Å². The van der Waals surface area contributed by atoms with Crippen LogP contribution in [0, 0.1) is 0 Å². The summed E-state index contributed by atoms with van der Waals surface area (Å²) in [4.78, 5) is 21.8. The second-order valence-electron chi connectivity index (χ2n) is 8.41. The summed E-state index contributed by atoms with van der Waals surface area (Å²) in [6.07, 6.45) is 4.19. The van der Waals surface area contributed by atoms with Crippen LogP contribution in [0.5, 0.6) is 11.6 Å². The Bertz CT molecular complexity index is 983. The first-order valence-electron chi connectivity index (χ1n) is 10.3. The molecule has 2 heterocycles. The van der Waals surface area contributed by atoms with E-state index in [1.165, 1.54) is 0 Å². The number of ether oxygens (including phenoxy) is 2. The van der Waals surface area contributed by atoms with Gasteiger partial charge in [-0.3, -0.25) is 4.79 Å². The Morgan fingerprint density at radius 3 is 2.67 bits per heavy atom. The molecule has 7 nitrogen and oxygen atoms in total. The molecular weight excluding hydrogens is 396 g/mol. The van der Waals surface area contributed by atoms with E-state index in [1.807, 2.05) is 41.8 Å². The van der Waals surface area contributed by atoms with Gasteiger partial charge in [0, 0.05) is 27.4 Å². The highest BCUT2D eigenvalue weighted by molar-refractivity contribution is 6.76. The second kappa shape index (κ2) is 9.86. The van der Waals surface area contributed by atoms with Crippen LogP contribution in [0.3, 0.4) is 0 Å². The maximum Gasteiger partial charge on any atom is 0.255 e. The van der Waals surface area contributed by atoms with E-state index in [4.69, 9.17) is 9.47 Å². The van der Waals surface area contributed by atoms with Crippen LogP contribution in [-0.4, -0.2) is 41.7 Å². The molecule has 0 fully saturated rings. The van der Waals surface area contributed by atoms with Crippen LogP contribution in [0.25, 0.3) is 11.2 Å². The molecule has 0 aliphatic rings. The van der Waals surface area contributed by atoms with Crippen molar-refractivity contribution in [1.29, 1.82) is 0 Å². The summed E-state index contributed by atoms with van der Waals surface area (Å²) in [5, 5.41) is 2.91. The van der Waals surface area contributed by atoms with Crippen LogP contribution < -0.4 is 10.1 Å². The van der Waals surface area contributed by atoms with Gasteiger partial charge in [0.05, 0.1) is 11.8 Å². The third-order valence-corrected chi connectivity index (χ3v) is 6.22. The smallest absolute Gasteiger partial charge is 0.255 e. The van der Waals surface area contributed by atoms with Crippen molar-refractivity contribution >= 4 is 25.1 Å². The van der Waals surface area contributed by atoms with E-state index in [0.717, 1.165) is 12.5 Å². The summed E-state index contributed by atoms with van der Waals surface area (Å²) in [5.41, 5.74) is 1.58. The maximum absolute atomic E-state index is 12.7. The van der Waals surface area contributed by atoms with E-state index < -0.39 is 8.07 Å². The monoisotopic (exact) mass is 426 g/mol. The van der Waals surface area contributed by atoms with Crippen LogP contribution in [0.1, 0.15) is 23.7 Å². The third-order valence-electron chi connectivity index (χ3n) is 4.52. The van der Waals surface area contributed by atoms with Crippen molar-refractivity contribution in [2.75, 3.05) is 13.2 Å². The topological polar surface area (TPSA) is 78.3 Å². The standard InChI is InChI=1S/C22H30N4O3Si/c1-5-11-23-22(27)18-15-26(16-28-12-13-30(2,3)4)21-20(18)25-19(14-24-21)29-17-9-7-6-8-10-17/h6-10,14-15H,5,11-13,16H2,1-4H3,(H,23,27). The Morgan fingerprint density at radius 2 is 1.97 bits per heavy atom. The zero-order chi connectivity index (χ0) is 21.6. The molecule has 0 saturated carbocycles. The summed E-state index contributed by atoms with van der Waals surface area (Å²) in [6, 6.07) is 10.5. The normalized spacial score (nSPS) is 11.6. The van der Waals surface area contributed by atoms with Gasteiger partial charge in [-0.05, 0) is 24.6 Å². The number of para-hydroxylation sites is 1. The zero-order valence-corrected chi connectivity index (χ0v) is 19.1. The van der Waals surface area contributed by atoms with Crippen molar-refractivity contribution in [2.24, 2.45) is 0 Å². The number of benzene rings is 1. The number of fused-ring (bicyclic) bond motifs is 1. The van der Waals surface area contributed by atoms with Crippen molar-refractivity contribution in [3.8, 4) is 11.6 Å². The zero-order valence-electron chi connectivity index (χ0n) is 18.1. The average Bonchev–Trinajstić information content (AvgIpc) is 3.07. The van der Waals surface area contributed by atoms with Crippen molar-refractivity contribution in [3.05, 3.63) is 48.3 Å². The van der Waals surface area contributed by atoms with Crippen LogP contribution in [0.2, 0.25) is 25.7 Å². The molecule has 1 amide bonds. The molecule has 3 aromatic rings. The van der Waals surface area contributed by atoms with Crippen molar-refractivity contribution in [1.82, 2.24) is 19.9 Å². The Kier molecular flexibility index (Phi) is 7.23. The number of nitrogens with zero attached hydrogens (tertiary/aromatic N) is 3. The molecular formula is C22H30N4O3Si. The fourth-order valence-corrected chi connectivity index (χ4v) is 3.59. The highest BCUT2D eigenvalue weighted by atomic mass is 28.3. The minimum atomic E-state index is -1.16. The molecule has 0 aliphatic heterocycles. The molecule has 8 heteroatoms. The lowest BCUT2D eigenvalue weighted by Crippen LogP contribution is -2.24. The predicted octanol–water partition coefficient (Wildman–Crippen LogP) is 4.68. The fourth-order valence-electron chi connectivity index (χ4n) is 2.83. The van der Waals surface area contributed by atoms with Crippen molar-refractivity contribution < 1.29 is 14.3 Å². The summed E-state index contributed by atoms with van der Waals surface area (Å²) in [6.45, 7) is 10.6. The third kappa shape index (κ3) is 5.90. The number of hydrogen-bond acceptors (Lipinski definition) is 5. The van der Waals surface area contributed by atoms with Crippen molar-refractivity contribution in [3.63, 3.8) is 0 Å². The molecule has 1 aromatic carbocycles. The summed E-state index contributed by atoms with van der Waals surface area (Å²) in [7, 11) is -1.16. The molecule has 0 bridgehead atoms. The largest absolute Gasteiger partial charge is 0.437 e. The first-order valence-corrected chi connectivity index (χ1v) is 14.0. The number of nitrogens with one attached hydrogen (secondary N) is 1. The molecule has 0 aliphatic carbocycles. The highest BCUT2D eigenvalue weighted by Crippen LogP contribution is 2.24. The van der Waals surface area contributed by atoms with Crippen LogP contribution in [0.4, 0.5) is 0 Å². The molecule has 1 N–H and O–H groups in total. The maximum atomic E-state index is 12.7. The lowest BCUT2D eigenvalue weighted by Gasteiger charge is -2.15. The molecule has 160 valence electrons. The lowest BCUT2D eigenvalue weighted by molar-refractivity contribution is 0.0892. The van der Waals surface area contributed by atoms with Gasteiger partial charge in [0.1, 0.15) is 18.0 Å². The Morgan fingerprint density at radius 1 is 1.20 bits per heavy atom. The number of aromatic nitrogens is 3. The first kappa shape index (κ1) is 22.0. The molecule has 30 heavy (non-hydrogen) atoms. The highest BCUT2D eigenvalue weighted by Gasteiger charge is 2.19. The van der Waals surface area contributed by atoms with Gasteiger partial charge in [-0.1, -0.05) is 44.8 Å². The number of carbonyl (C=O) groups excluding carboxylic acids is 1. The summed E-state index contributed by atoms with van der Waals surface area (Å²) >= 11 is 0. The quantitative estimate of drug-likeness (QED) is 0.376. The Labute approximate surface area is 178 Å². The SMILES string of the molecule is CCCNC(=O)c1cn(COCC[Si](C)(C)C)c2ncc(Oc3ccccc3)nc12. The lowest BCUT2D eigenvalue weighted by atomic mass is 10.3. The Hall–Kier alpha value is -2.71. The van der Waals surface area contributed by atoms with Crippen LogP contribution >= 0.6 is 0 Å². The van der Waals surface area contributed by atoms with Gasteiger partial charge >= 0.3 is 0 Å². The summed E-state index contributed by atoms with van der Waals surface area (Å²) in [5.74, 6) is 0.835. The van der Waals surface area contributed by atoms with Gasteiger partial charge in [0.25, 0.3) is 5.91 Å². The molecule has 0 spiro atoms. The predicted molar refractivity (Wildman–Crippen MR) is 121 cm³/mol. The van der Waals surface area contributed by atoms with Gasteiger partial charge in [-0.15, -0.1) is 0 Å². The van der Waals surface area contributed by atoms with E-state index in [1.54, 1.807) is 12.4 Å². The van der Waals surface area contributed by atoms with Crippen molar-refractivity contribution in [2.45, 2.75) is 45.8 Å². The van der Waals surface area contributed by atoms with Gasteiger partial charge < -0.3 is 19.4 Å². The minimum Gasteiger partial charge on any atom is -0.437 e. The molecule has 0 radical (unpaired) electrons. The number of hydrogen-bond donors (Lipinski definition) is 1. The molecule has 2 aromatic heterocycles. The average molecular weight is 427 g/mol. The summed E-state index contributed by atoms with van der Waals surface area (Å²) < 4.78 is 13.5. The molecule has 0 atom stereocenters. The van der Waals surface area contributed by atoms with E-state index >= 15 is 0 Å². The van der Waals surface area contributed by atoms with E-state index in [-0.39, 0.29) is 5.91 Å². The van der Waals surface area contributed by atoms with Gasteiger partial charge in [0.15, 0.2) is 5.65 Å². The van der Waals surface area contributed by atoms with E-state index in [2.05, 4.69) is 34.9 Å². The Balaban J connectivity index is 1.86. The van der Waals surface area contributed by atoms with Crippen LogP contribution in [0.15, 0.2) is 42.7 Å². The molecule has 3 rings (SSSR count). The second-order valence-corrected chi connectivity index (χ2v) is 14.0. The van der Waals surface area contributed by atoms with E-state index in [0.29, 0.717) is 48.2 Å². The number of carbonyl (C=O) groups is 1. The molecule has 0 saturated heterocycles.